The number of rotatable bonds is 7. The highest BCUT2D eigenvalue weighted by Crippen LogP contribution is 2.34. The summed E-state index contributed by atoms with van der Waals surface area (Å²) in [6.07, 6.45) is 3.71. The molecule has 2 atom stereocenters. The van der Waals surface area contributed by atoms with E-state index in [9.17, 15) is 0 Å². The summed E-state index contributed by atoms with van der Waals surface area (Å²) in [6.45, 7) is 9.14. The summed E-state index contributed by atoms with van der Waals surface area (Å²) in [4.78, 5) is 0. The smallest absolute Gasteiger partial charge is 0.124 e. The zero-order chi connectivity index (χ0) is 15.1. The van der Waals surface area contributed by atoms with Crippen LogP contribution in [0.3, 0.4) is 0 Å². The van der Waals surface area contributed by atoms with E-state index in [1.165, 1.54) is 12.0 Å². The van der Waals surface area contributed by atoms with Gasteiger partial charge in [0, 0.05) is 24.1 Å². The third-order valence-corrected chi connectivity index (χ3v) is 3.90. The molecule has 1 heterocycles. The highest BCUT2D eigenvalue weighted by atomic mass is 16.5. The van der Waals surface area contributed by atoms with Gasteiger partial charge >= 0.3 is 0 Å². The molecule has 0 saturated carbocycles. The molecule has 0 spiro atoms. The summed E-state index contributed by atoms with van der Waals surface area (Å²) in [6, 6.07) is 8.75. The first-order valence-electron chi connectivity index (χ1n) is 8.29. The maximum absolute atomic E-state index is 6.02. The topological polar surface area (TPSA) is 30.5 Å². The van der Waals surface area contributed by atoms with Gasteiger partial charge in [0.15, 0.2) is 0 Å². The molecule has 0 aliphatic carbocycles. The van der Waals surface area contributed by atoms with Crippen molar-refractivity contribution in [1.82, 2.24) is 5.32 Å². The number of para-hydroxylation sites is 1. The third kappa shape index (κ3) is 4.72. The summed E-state index contributed by atoms with van der Waals surface area (Å²) in [5.41, 5.74) is 1.27. The number of ether oxygens (including phenoxy) is 2. The van der Waals surface area contributed by atoms with Gasteiger partial charge in [0.25, 0.3) is 0 Å². The van der Waals surface area contributed by atoms with Crippen LogP contribution in [0.2, 0.25) is 0 Å². The molecule has 0 radical (unpaired) electrons. The Morgan fingerprint density at radius 3 is 2.81 bits per heavy atom. The van der Waals surface area contributed by atoms with Gasteiger partial charge in [0.2, 0.25) is 0 Å². The minimum Gasteiger partial charge on any atom is -0.491 e. The van der Waals surface area contributed by atoms with Gasteiger partial charge in [-0.2, -0.15) is 0 Å². The van der Waals surface area contributed by atoms with Crippen LogP contribution in [0.25, 0.3) is 0 Å². The second-order valence-electron chi connectivity index (χ2n) is 6.11. The summed E-state index contributed by atoms with van der Waals surface area (Å²) in [7, 11) is 0. The minimum absolute atomic E-state index is 0.195. The van der Waals surface area contributed by atoms with Crippen molar-refractivity contribution in [2.24, 2.45) is 5.92 Å². The fourth-order valence-corrected chi connectivity index (χ4v) is 2.96. The molecular weight excluding hydrogens is 262 g/mol. The van der Waals surface area contributed by atoms with Crippen LogP contribution >= 0.6 is 0 Å². The predicted molar refractivity (Wildman–Crippen MR) is 86.8 cm³/mol. The molecule has 1 N–H and O–H groups in total. The number of hydrogen-bond acceptors (Lipinski definition) is 3. The molecule has 1 aliphatic rings. The van der Waals surface area contributed by atoms with Gasteiger partial charge in [-0.15, -0.1) is 0 Å². The van der Waals surface area contributed by atoms with E-state index in [0.29, 0.717) is 12.0 Å². The van der Waals surface area contributed by atoms with Crippen LogP contribution in [0.4, 0.5) is 0 Å². The Morgan fingerprint density at radius 1 is 1.33 bits per heavy atom. The highest BCUT2D eigenvalue weighted by molar-refractivity contribution is 5.36. The van der Waals surface area contributed by atoms with Crippen molar-refractivity contribution >= 4 is 0 Å². The summed E-state index contributed by atoms with van der Waals surface area (Å²) < 4.78 is 11.7. The molecule has 21 heavy (non-hydrogen) atoms. The molecule has 1 aromatic carbocycles. The molecule has 1 saturated heterocycles. The Morgan fingerprint density at radius 2 is 2.14 bits per heavy atom. The molecular formula is C18H29NO2. The van der Waals surface area contributed by atoms with Crippen LogP contribution in [0.15, 0.2) is 24.3 Å². The monoisotopic (exact) mass is 291 g/mol. The molecule has 3 heteroatoms. The average molecular weight is 291 g/mol. The lowest BCUT2D eigenvalue weighted by atomic mass is 9.88. The first-order chi connectivity index (χ1) is 10.2. The standard InChI is InChI=1S/C18H29NO2/c1-4-11-19-18(15-8-7-12-20-13-15)16-9-5-6-10-17(16)21-14(2)3/h5-6,9-10,14-15,18-19H,4,7-8,11-13H2,1-3H3. The van der Waals surface area contributed by atoms with Crippen LogP contribution in [0, 0.1) is 5.92 Å². The van der Waals surface area contributed by atoms with Crippen molar-refractivity contribution in [3.05, 3.63) is 29.8 Å². The van der Waals surface area contributed by atoms with E-state index in [4.69, 9.17) is 9.47 Å². The Labute approximate surface area is 129 Å². The lowest BCUT2D eigenvalue weighted by Crippen LogP contribution is -2.34. The second-order valence-corrected chi connectivity index (χ2v) is 6.11. The highest BCUT2D eigenvalue weighted by Gasteiger charge is 2.27. The van der Waals surface area contributed by atoms with E-state index in [0.717, 1.165) is 38.3 Å². The Kier molecular flexibility index (Phi) is 6.52. The zero-order valence-corrected chi connectivity index (χ0v) is 13.6. The summed E-state index contributed by atoms with van der Waals surface area (Å²) in [5, 5.41) is 3.71. The summed E-state index contributed by atoms with van der Waals surface area (Å²) in [5.74, 6) is 1.54. The van der Waals surface area contributed by atoms with Crippen molar-refractivity contribution in [3.63, 3.8) is 0 Å². The van der Waals surface area contributed by atoms with Gasteiger partial charge in [-0.25, -0.2) is 0 Å². The quantitative estimate of drug-likeness (QED) is 0.825. The number of hydrogen-bond donors (Lipinski definition) is 1. The lowest BCUT2D eigenvalue weighted by Gasteiger charge is -2.32. The molecule has 118 valence electrons. The minimum atomic E-state index is 0.195. The lowest BCUT2D eigenvalue weighted by molar-refractivity contribution is 0.0384. The fourth-order valence-electron chi connectivity index (χ4n) is 2.96. The third-order valence-electron chi connectivity index (χ3n) is 3.90. The SMILES string of the molecule is CCCNC(c1ccccc1OC(C)C)C1CCCOC1. The van der Waals surface area contributed by atoms with Gasteiger partial charge in [0.05, 0.1) is 12.7 Å². The predicted octanol–water partition coefficient (Wildman–Crippen LogP) is 3.94. The molecule has 2 rings (SSSR count). The maximum Gasteiger partial charge on any atom is 0.124 e. The molecule has 2 unspecified atom stereocenters. The van der Waals surface area contributed by atoms with E-state index in [-0.39, 0.29) is 6.10 Å². The molecule has 1 aliphatic heterocycles. The van der Waals surface area contributed by atoms with Crippen LogP contribution in [0.1, 0.15) is 51.6 Å². The van der Waals surface area contributed by atoms with E-state index in [1.54, 1.807) is 0 Å². The van der Waals surface area contributed by atoms with Gasteiger partial charge in [-0.05, 0) is 45.7 Å². The Balaban J connectivity index is 2.22. The van der Waals surface area contributed by atoms with Crippen LogP contribution < -0.4 is 10.1 Å². The van der Waals surface area contributed by atoms with Gasteiger partial charge < -0.3 is 14.8 Å². The maximum atomic E-state index is 6.02. The van der Waals surface area contributed by atoms with Crippen LogP contribution in [0.5, 0.6) is 5.75 Å². The summed E-state index contributed by atoms with van der Waals surface area (Å²) >= 11 is 0. The zero-order valence-electron chi connectivity index (χ0n) is 13.6. The fraction of sp³-hybridized carbons (Fsp3) is 0.667. The molecule has 0 amide bonds. The van der Waals surface area contributed by atoms with Crippen LogP contribution in [-0.4, -0.2) is 25.9 Å². The van der Waals surface area contributed by atoms with Crippen molar-refractivity contribution in [2.45, 2.75) is 52.2 Å². The van der Waals surface area contributed by atoms with E-state index in [2.05, 4.69) is 50.4 Å². The van der Waals surface area contributed by atoms with E-state index >= 15 is 0 Å². The van der Waals surface area contributed by atoms with Gasteiger partial charge in [0.1, 0.15) is 5.75 Å². The number of nitrogens with one attached hydrogen (secondary N) is 1. The van der Waals surface area contributed by atoms with Crippen molar-refractivity contribution in [3.8, 4) is 5.75 Å². The second kappa shape index (κ2) is 8.40. The largest absolute Gasteiger partial charge is 0.491 e. The van der Waals surface area contributed by atoms with Crippen molar-refractivity contribution in [2.75, 3.05) is 19.8 Å². The Bertz CT molecular complexity index is 413. The first-order valence-corrected chi connectivity index (χ1v) is 8.29. The average Bonchev–Trinajstić information content (AvgIpc) is 2.50. The molecule has 0 bridgehead atoms. The molecule has 1 aromatic rings. The molecule has 3 nitrogen and oxygen atoms in total. The normalized spacial score (nSPS) is 20.5. The number of benzene rings is 1. The van der Waals surface area contributed by atoms with Crippen molar-refractivity contribution < 1.29 is 9.47 Å². The van der Waals surface area contributed by atoms with E-state index < -0.39 is 0 Å². The molecule has 0 aromatic heterocycles. The van der Waals surface area contributed by atoms with Crippen LogP contribution in [-0.2, 0) is 4.74 Å². The van der Waals surface area contributed by atoms with Gasteiger partial charge in [-0.3, -0.25) is 0 Å². The van der Waals surface area contributed by atoms with Crippen molar-refractivity contribution in [1.29, 1.82) is 0 Å². The molecule has 1 fully saturated rings. The Hall–Kier alpha value is -1.06. The first kappa shape index (κ1) is 16.3. The van der Waals surface area contributed by atoms with Gasteiger partial charge in [-0.1, -0.05) is 25.1 Å². The van der Waals surface area contributed by atoms with E-state index in [1.807, 2.05) is 0 Å².